The first-order valence-electron chi connectivity index (χ1n) is 13.9. The fraction of sp³-hybridized carbons (Fsp3) is 0.679. The Labute approximate surface area is 236 Å². The van der Waals surface area contributed by atoms with Gasteiger partial charge in [0.05, 0.1) is 7.11 Å². The van der Waals surface area contributed by atoms with E-state index in [1.54, 1.807) is 6.08 Å². The van der Waals surface area contributed by atoms with Gasteiger partial charge in [-0.2, -0.15) is 4.98 Å². The normalized spacial score (nSPS) is 11.1. The number of aryl methyl sites for hydroxylation is 1. The van der Waals surface area contributed by atoms with Crippen molar-refractivity contribution in [3.05, 3.63) is 28.9 Å². The summed E-state index contributed by atoms with van der Waals surface area (Å²) in [5.74, 6) is 0.190. The van der Waals surface area contributed by atoms with Crippen molar-refractivity contribution in [3.63, 3.8) is 0 Å². The molecule has 10 heteroatoms. The molecule has 0 unspecified atom stereocenters. The Bertz CT molecular complexity index is 1010. The molecule has 8 nitrogen and oxygen atoms in total. The number of esters is 2. The average Bonchev–Trinajstić information content (AvgIpc) is 3.25. The van der Waals surface area contributed by atoms with Gasteiger partial charge in [0.15, 0.2) is 10.8 Å². The molecule has 0 spiro atoms. The van der Waals surface area contributed by atoms with Crippen LogP contribution >= 0.6 is 23.2 Å². The van der Waals surface area contributed by atoms with E-state index >= 15 is 0 Å². The van der Waals surface area contributed by atoms with Gasteiger partial charge in [-0.1, -0.05) is 88.3 Å². The Kier molecular flexibility index (Phi) is 16.0. The van der Waals surface area contributed by atoms with E-state index < -0.39 is 0 Å². The Balaban J connectivity index is 1.64. The molecule has 0 amide bonds. The van der Waals surface area contributed by atoms with Gasteiger partial charge < -0.3 is 14.0 Å². The third-order valence-corrected chi connectivity index (χ3v) is 6.95. The van der Waals surface area contributed by atoms with E-state index in [-0.39, 0.29) is 35.4 Å². The van der Waals surface area contributed by atoms with Gasteiger partial charge in [0, 0.05) is 19.4 Å². The number of nitrogens with zero attached hydrogens (tertiary/aromatic N) is 4. The van der Waals surface area contributed by atoms with Crippen molar-refractivity contribution in [3.8, 4) is 0 Å². The van der Waals surface area contributed by atoms with Gasteiger partial charge >= 0.3 is 11.9 Å². The lowest BCUT2D eigenvalue weighted by Gasteiger charge is -2.10. The number of aromatic nitrogens is 4. The predicted octanol–water partition coefficient (Wildman–Crippen LogP) is 7.78. The van der Waals surface area contributed by atoms with E-state index in [0.29, 0.717) is 36.4 Å². The predicted molar refractivity (Wildman–Crippen MR) is 151 cm³/mol. The molecule has 2 rings (SSSR count). The molecule has 0 aliphatic rings. The summed E-state index contributed by atoms with van der Waals surface area (Å²) in [7, 11) is 1.44. The van der Waals surface area contributed by atoms with Crippen LogP contribution in [0.25, 0.3) is 11.2 Å². The van der Waals surface area contributed by atoms with Crippen LogP contribution in [0.4, 0.5) is 0 Å². The number of unbranched alkanes of at least 4 members (excludes halogenated alkanes) is 12. The number of halogens is 2. The van der Waals surface area contributed by atoms with Crippen molar-refractivity contribution in [2.45, 2.75) is 116 Å². The molecule has 2 aromatic heterocycles. The smallest absolute Gasteiger partial charge is 0.306 e. The zero-order valence-corrected chi connectivity index (χ0v) is 24.2. The third kappa shape index (κ3) is 12.1. The zero-order valence-electron chi connectivity index (χ0n) is 22.7. The van der Waals surface area contributed by atoms with Gasteiger partial charge in [-0.25, -0.2) is 9.97 Å². The summed E-state index contributed by atoms with van der Waals surface area (Å²) in [5.41, 5.74) is 1.03. The minimum atomic E-state index is -0.297. The lowest BCUT2D eigenvalue weighted by atomic mass is 10.0. The minimum absolute atomic E-state index is 0.0392. The number of ether oxygens (including phenoxy) is 2. The molecule has 0 saturated heterocycles. The molecule has 0 bridgehead atoms. The fourth-order valence-corrected chi connectivity index (χ4v) is 4.86. The molecule has 0 fully saturated rings. The molecule has 0 atom stereocenters. The van der Waals surface area contributed by atoms with Crippen molar-refractivity contribution in [2.75, 3.05) is 7.11 Å². The van der Waals surface area contributed by atoms with Crippen molar-refractivity contribution >= 4 is 46.3 Å². The van der Waals surface area contributed by atoms with Crippen LogP contribution in [0.5, 0.6) is 0 Å². The number of rotatable bonds is 21. The highest BCUT2D eigenvalue weighted by Crippen LogP contribution is 2.25. The summed E-state index contributed by atoms with van der Waals surface area (Å²) in [6.45, 7) is 4.37. The van der Waals surface area contributed by atoms with Crippen LogP contribution in [0.2, 0.25) is 10.4 Å². The van der Waals surface area contributed by atoms with Crippen molar-refractivity contribution in [1.29, 1.82) is 0 Å². The first-order valence-corrected chi connectivity index (χ1v) is 14.6. The van der Waals surface area contributed by atoms with E-state index in [9.17, 15) is 9.59 Å². The topological polar surface area (TPSA) is 96.2 Å². The van der Waals surface area contributed by atoms with Gasteiger partial charge in [0.1, 0.15) is 17.9 Å². The lowest BCUT2D eigenvalue weighted by Crippen LogP contribution is -2.10. The summed E-state index contributed by atoms with van der Waals surface area (Å²) < 4.78 is 12.0. The number of carbonyl (C=O) groups excluding carboxylic acids is 2. The maximum atomic E-state index is 12.0. The molecular weight excluding hydrogens is 527 g/mol. The number of imidazole rings is 1. The number of fused-ring (bicyclic) bond motifs is 1. The molecule has 0 aromatic carbocycles. The SMILES string of the molecule is C=CCCC(=O)OCc1nc2nc(Cl)nc(Cl)c2n1CCCCCCCCCCCCCCCC(=O)OC. The second kappa shape index (κ2) is 19.0. The quantitative estimate of drug-likeness (QED) is 0.0498. The maximum Gasteiger partial charge on any atom is 0.306 e. The van der Waals surface area contributed by atoms with Crippen LogP contribution < -0.4 is 0 Å². The summed E-state index contributed by atoms with van der Waals surface area (Å²) in [6.07, 6.45) is 18.4. The molecule has 38 heavy (non-hydrogen) atoms. The first kappa shape index (κ1) is 32.0. The number of carbonyl (C=O) groups is 2. The van der Waals surface area contributed by atoms with Crippen LogP contribution in [-0.4, -0.2) is 38.6 Å². The zero-order chi connectivity index (χ0) is 27.6. The van der Waals surface area contributed by atoms with E-state index in [2.05, 4.69) is 26.3 Å². The lowest BCUT2D eigenvalue weighted by molar-refractivity contribution is -0.145. The molecule has 0 N–H and O–H groups in total. The van der Waals surface area contributed by atoms with Crippen molar-refractivity contribution in [2.24, 2.45) is 0 Å². The molecule has 0 saturated carbocycles. The highest BCUT2D eigenvalue weighted by Gasteiger charge is 2.18. The van der Waals surface area contributed by atoms with E-state index in [1.807, 2.05) is 4.57 Å². The largest absolute Gasteiger partial charge is 0.469 e. The first-order chi connectivity index (χ1) is 18.5. The van der Waals surface area contributed by atoms with Crippen LogP contribution in [0.1, 0.15) is 109 Å². The Morgan fingerprint density at radius 1 is 0.816 bits per heavy atom. The van der Waals surface area contributed by atoms with Crippen molar-refractivity contribution < 1.29 is 19.1 Å². The van der Waals surface area contributed by atoms with Gasteiger partial charge in [0.25, 0.3) is 0 Å². The molecule has 2 heterocycles. The number of hydrogen-bond donors (Lipinski definition) is 0. The van der Waals surface area contributed by atoms with E-state index in [1.165, 1.54) is 64.9 Å². The van der Waals surface area contributed by atoms with Crippen molar-refractivity contribution in [1.82, 2.24) is 19.5 Å². The molecule has 0 aliphatic carbocycles. The third-order valence-electron chi connectivity index (χ3n) is 6.52. The molecular formula is C28H42Cl2N4O4. The highest BCUT2D eigenvalue weighted by molar-refractivity contribution is 6.35. The summed E-state index contributed by atoms with van der Waals surface area (Å²) in [4.78, 5) is 35.8. The van der Waals surface area contributed by atoms with Gasteiger partial charge in [-0.05, 0) is 30.9 Å². The van der Waals surface area contributed by atoms with Crippen LogP contribution in [0, 0.1) is 0 Å². The number of methoxy groups -OCH3 is 1. The van der Waals surface area contributed by atoms with Crippen LogP contribution in [0.15, 0.2) is 12.7 Å². The monoisotopic (exact) mass is 568 g/mol. The van der Waals surface area contributed by atoms with Gasteiger partial charge in [-0.15, -0.1) is 6.58 Å². The Morgan fingerprint density at radius 3 is 1.97 bits per heavy atom. The summed E-state index contributed by atoms with van der Waals surface area (Å²) in [5, 5.41) is 0.287. The van der Waals surface area contributed by atoms with E-state index in [0.717, 1.165) is 25.7 Å². The number of allylic oxidation sites excluding steroid dienone is 1. The summed E-state index contributed by atoms with van der Waals surface area (Å²) >= 11 is 12.3. The van der Waals surface area contributed by atoms with E-state index in [4.69, 9.17) is 27.9 Å². The van der Waals surface area contributed by atoms with Crippen LogP contribution in [-0.2, 0) is 32.2 Å². The standard InChI is InChI=1S/C28H42Cl2N4O4/c1-3-4-18-24(36)38-21-22-31-27-25(26(29)32-28(30)33-27)34(22)20-17-15-13-11-9-7-5-6-8-10-12-14-16-19-23(35)37-2/h3H,1,4-21H2,2H3. The Morgan fingerprint density at radius 2 is 1.39 bits per heavy atom. The second-order valence-electron chi connectivity index (χ2n) is 9.55. The maximum absolute atomic E-state index is 12.0. The number of hydrogen-bond acceptors (Lipinski definition) is 7. The van der Waals surface area contributed by atoms with Gasteiger partial charge in [0.2, 0.25) is 5.28 Å². The molecule has 2 aromatic rings. The second-order valence-corrected chi connectivity index (χ2v) is 10.2. The minimum Gasteiger partial charge on any atom is -0.469 e. The fourth-order valence-electron chi connectivity index (χ4n) is 4.39. The highest BCUT2D eigenvalue weighted by atomic mass is 35.5. The Hall–Kier alpha value is -2.19. The average molecular weight is 570 g/mol. The van der Waals surface area contributed by atoms with Crippen LogP contribution in [0.3, 0.4) is 0 Å². The molecule has 212 valence electrons. The summed E-state index contributed by atoms with van der Waals surface area (Å²) in [6, 6.07) is 0. The van der Waals surface area contributed by atoms with Gasteiger partial charge in [-0.3, -0.25) is 9.59 Å². The molecule has 0 aliphatic heterocycles. The molecule has 0 radical (unpaired) electrons.